The molecule has 0 unspecified atom stereocenters. The fourth-order valence-electron chi connectivity index (χ4n) is 0.493. The minimum Gasteiger partial charge on any atom is -0.286 e. The van der Waals surface area contributed by atoms with Gasteiger partial charge in [-0.1, -0.05) is 18.3 Å². The van der Waals surface area contributed by atoms with Crippen LogP contribution < -0.4 is 0 Å². The van der Waals surface area contributed by atoms with Gasteiger partial charge in [-0.2, -0.15) is 0 Å². The molecule has 0 spiro atoms. The van der Waals surface area contributed by atoms with Gasteiger partial charge < -0.3 is 0 Å². The molecule has 0 radical (unpaired) electrons. The first kappa shape index (κ1) is 5.49. The Bertz CT molecular complexity index is 146. The average Bonchev–Trinajstić information content (AvgIpc) is 2.12. The van der Waals surface area contributed by atoms with Crippen LogP contribution >= 0.6 is 0 Å². The Balaban J connectivity index is 2.77. The number of rotatable bonds is 1. The lowest BCUT2D eigenvalue weighted by molar-refractivity contribution is 0.858. The molecule has 0 N–H and O–H groups in total. The maximum atomic E-state index is 3.84. The van der Waals surface area contributed by atoms with Gasteiger partial charge in [-0.05, 0) is 0 Å². The Morgan fingerprint density at radius 1 is 1.50 bits per heavy atom. The van der Waals surface area contributed by atoms with E-state index in [4.69, 9.17) is 0 Å². The molecule has 0 fully saturated rings. The van der Waals surface area contributed by atoms with Gasteiger partial charge in [0.2, 0.25) is 0 Å². The van der Waals surface area contributed by atoms with Crippen molar-refractivity contribution in [3.8, 4) is 0 Å². The number of nitrogens with zero attached hydrogens (tertiary/aromatic N) is 3. The van der Waals surface area contributed by atoms with Crippen molar-refractivity contribution in [2.45, 2.75) is 13.1 Å². The van der Waals surface area contributed by atoms with E-state index in [0.717, 1.165) is 0 Å². The van der Waals surface area contributed by atoms with Gasteiger partial charge in [0.25, 0.3) is 0 Å². The molecule has 0 saturated heterocycles. The van der Waals surface area contributed by atoms with E-state index in [1.54, 1.807) is 6.20 Å². The summed E-state index contributed by atoms with van der Waals surface area (Å²) in [4.78, 5) is 0. The molecule has 1 rings (SSSR count). The van der Waals surface area contributed by atoms with Crippen molar-refractivity contribution in [1.82, 2.24) is 14.7 Å². The molecule has 8 heavy (non-hydrogen) atoms. The van der Waals surface area contributed by atoms with Gasteiger partial charge in [0, 0.05) is 6.20 Å². The molecule has 1 aromatic rings. The predicted octanol–water partition coefficient (Wildman–Crippen LogP) is 0.110. The Kier molecular flexibility index (Phi) is 1.43. The lowest BCUT2D eigenvalue weighted by atomic mass is 11.0. The first-order chi connectivity index (χ1) is 3.80. The van der Waals surface area contributed by atoms with Crippen molar-refractivity contribution in [3.63, 3.8) is 0 Å². The van der Waals surface area contributed by atoms with E-state index in [1.807, 2.05) is 10.5 Å². The van der Waals surface area contributed by atoms with Crippen LogP contribution in [0.5, 0.6) is 0 Å². The van der Waals surface area contributed by atoms with Crippen LogP contribution in [0.25, 0.3) is 0 Å². The normalized spacial score (nSPS) is 10.4. The Morgan fingerprint density at radius 3 is 2.50 bits per heavy atom. The summed E-state index contributed by atoms with van der Waals surface area (Å²) in [6, 6.07) is 0. The summed E-state index contributed by atoms with van der Waals surface area (Å²) in [6.45, 7) is 4.41. The minimum atomic E-state index is -0.737. The fraction of sp³-hybridized carbons (Fsp3) is 0.500. The van der Waals surface area contributed by atoms with Gasteiger partial charge in [0.15, 0.2) is 8.96 Å². The Labute approximate surface area is 50.0 Å². The zero-order chi connectivity index (χ0) is 5.98. The van der Waals surface area contributed by atoms with Crippen LogP contribution in [0.4, 0.5) is 0 Å². The van der Waals surface area contributed by atoms with E-state index < -0.39 is 8.96 Å². The van der Waals surface area contributed by atoms with Gasteiger partial charge in [-0.25, -0.2) is 0 Å². The van der Waals surface area contributed by atoms with Gasteiger partial charge in [0.05, 0.1) is 6.20 Å². The summed E-state index contributed by atoms with van der Waals surface area (Å²) in [5.41, 5.74) is 0. The van der Waals surface area contributed by atoms with E-state index in [0.29, 0.717) is 0 Å². The topological polar surface area (TPSA) is 30.7 Å². The summed E-state index contributed by atoms with van der Waals surface area (Å²) in [5.74, 6) is 0. The molecule has 0 aliphatic rings. The number of aromatic nitrogens is 3. The molecule has 44 valence electrons. The second-order valence-electron chi connectivity index (χ2n) is 1.98. The summed E-state index contributed by atoms with van der Waals surface area (Å²) < 4.78 is 1.94. The van der Waals surface area contributed by atoms with Crippen molar-refractivity contribution >= 4 is 8.96 Å². The Hall–Kier alpha value is -0.643. The molecule has 0 aliphatic carbocycles. The van der Waals surface area contributed by atoms with Crippen molar-refractivity contribution < 1.29 is 0 Å². The predicted molar refractivity (Wildman–Crippen MR) is 34.3 cm³/mol. The third-order valence-corrected chi connectivity index (χ3v) is 2.30. The zero-order valence-corrected chi connectivity index (χ0v) is 6.23. The van der Waals surface area contributed by atoms with Crippen molar-refractivity contribution in [3.05, 3.63) is 12.4 Å². The van der Waals surface area contributed by atoms with E-state index in [-0.39, 0.29) is 0 Å². The largest absolute Gasteiger partial charge is 0.286 e. The maximum Gasteiger partial charge on any atom is 0.166 e. The molecule has 0 amide bonds. The molecule has 0 aliphatic heterocycles. The SMILES string of the molecule is C[SiH](C)n1ccnn1. The monoisotopic (exact) mass is 127 g/mol. The fourth-order valence-corrected chi connectivity index (χ4v) is 1.18. The zero-order valence-electron chi connectivity index (χ0n) is 5.07. The molecule has 0 atom stereocenters. The summed E-state index contributed by atoms with van der Waals surface area (Å²) in [6.07, 6.45) is 3.63. The molecular weight excluding hydrogens is 118 g/mol. The van der Waals surface area contributed by atoms with Gasteiger partial charge in [-0.3, -0.25) is 4.35 Å². The Morgan fingerprint density at radius 2 is 2.25 bits per heavy atom. The molecule has 0 saturated carbocycles. The standard InChI is InChI=1S/C4H9N3Si/c1-8(2)7-4-3-5-6-7/h3-4,8H,1-2H3. The van der Waals surface area contributed by atoms with E-state index in [2.05, 4.69) is 23.4 Å². The quantitative estimate of drug-likeness (QED) is 0.501. The van der Waals surface area contributed by atoms with Crippen LogP contribution in [0.3, 0.4) is 0 Å². The second kappa shape index (κ2) is 2.08. The van der Waals surface area contributed by atoms with E-state index in [1.165, 1.54) is 0 Å². The molecule has 0 aromatic carbocycles. The average molecular weight is 127 g/mol. The van der Waals surface area contributed by atoms with Gasteiger partial charge in [0.1, 0.15) is 0 Å². The van der Waals surface area contributed by atoms with Crippen LogP contribution in [0.1, 0.15) is 0 Å². The third kappa shape index (κ3) is 0.948. The summed E-state index contributed by atoms with van der Waals surface area (Å²) in [7, 11) is -0.737. The van der Waals surface area contributed by atoms with E-state index >= 15 is 0 Å². The van der Waals surface area contributed by atoms with Crippen LogP contribution in [-0.2, 0) is 0 Å². The highest BCUT2D eigenvalue weighted by Crippen LogP contribution is 1.82. The summed E-state index contributed by atoms with van der Waals surface area (Å²) in [5, 5.41) is 7.54. The lowest BCUT2D eigenvalue weighted by Crippen LogP contribution is -2.15. The van der Waals surface area contributed by atoms with Gasteiger partial charge >= 0.3 is 0 Å². The molecule has 1 heterocycles. The maximum absolute atomic E-state index is 3.84. The van der Waals surface area contributed by atoms with Gasteiger partial charge in [-0.15, -0.1) is 5.10 Å². The molecule has 1 aromatic heterocycles. The van der Waals surface area contributed by atoms with Crippen molar-refractivity contribution in [2.75, 3.05) is 0 Å². The molecular formula is C4H9N3Si. The van der Waals surface area contributed by atoms with Crippen molar-refractivity contribution in [2.24, 2.45) is 0 Å². The highest BCUT2D eigenvalue weighted by molar-refractivity contribution is 6.53. The van der Waals surface area contributed by atoms with Crippen LogP contribution in [0.15, 0.2) is 12.4 Å². The van der Waals surface area contributed by atoms with Crippen LogP contribution in [-0.4, -0.2) is 23.6 Å². The third-order valence-electron chi connectivity index (χ3n) is 0.970. The van der Waals surface area contributed by atoms with E-state index in [9.17, 15) is 0 Å². The molecule has 4 heteroatoms. The lowest BCUT2D eigenvalue weighted by Gasteiger charge is -1.97. The highest BCUT2D eigenvalue weighted by atomic mass is 28.3. The number of hydrogen-bond acceptors (Lipinski definition) is 2. The number of hydrogen-bond donors (Lipinski definition) is 0. The van der Waals surface area contributed by atoms with Crippen molar-refractivity contribution in [1.29, 1.82) is 0 Å². The molecule has 0 bridgehead atoms. The summed E-state index contributed by atoms with van der Waals surface area (Å²) >= 11 is 0. The van der Waals surface area contributed by atoms with Crippen LogP contribution in [0, 0.1) is 0 Å². The van der Waals surface area contributed by atoms with Crippen LogP contribution in [0.2, 0.25) is 13.1 Å². The first-order valence-corrected chi connectivity index (χ1v) is 5.49. The first-order valence-electron chi connectivity index (χ1n) is 2.66. The highest BCUT2D eigenvalue weighted by Gasteiger charge is 1.95. The second-order valence-corrected chi connectivity index (χ2v) is 4.69. The minimum absolute atomic E-state index is 0.737. The molecule has 3 nitrogen and oxygen atoms in total. The smallest absolute Gasteiger partial charge is 0.166 e.